The predicted molar refractivity (Wildman–Crippen MR) is 52.7 cm³/mol. The maximum atomic E-state index is 11.2. The summed E-state index contributed by atoms with van der Waals surface area (Å²) in [6.45, 7) is 6.00. The van der Waals surface area contributed by atoms with Crippen molar-refractivity contribution in [3.8, 4) is 0 Å². The van der Waals surface area contributed by atoms with E-state index in [0.717, 1.165) is 16.9 Å². The molecule has 3 heteroatoms. The molecule has 0 heterocycles. The fourth-order valence-corrected chi connectivity index (χ4v) is 2.31. The molecule has 80 valence electrons. The molecule has 0 aliphatic carbocycles. The van der Waals surface area contributed by atoms with E-state index in [2.05, 4.69) is 24.1 Å². The molecule has 0 saturated heterocycles. The third-order valence-electron chi connectivity index (χ3n) is 2.19. The Morgan fingerprint density at radius 2 is 2.00 bits per heavy atom. The molecule has 0 atom stereocenters. The molecule has 13 heavy (non-hydrogen) atoms. The van der Waals surface area contributed by atoms with Crippen LogP contribution in [0.3, 0.4) is 0 Å². The van der Waals surface area contributed by atoms with Gasteiger partial charge in [0.2, 0.25) is 0 Å². The van der Waals surface area contributed by atoms with Gasteiger partial charge in [0.25, 0.3) is 0 Å². The van der Waals surface area contributed by atoms with Gasteiger partial charge in [0.15, 0.2) is 0 Å². The quantitative estimate of drug-likeness (QED) is 0.428. The van der Waals surface area contributed by atoms with Gasteiger partial charge in [-0.1, -0.05) is 0 Å². The number of ketones is 1. The van der Waals surface area contributed by atoms with Crippen LogP contribution in [0.15, 0.2) is 0 Å². The second kappa shape index (κ2) is 8.94. The molecular formula is C10H21INO-. The number of carbonyl (C=O) groups excluding carboxylic acids is 1. The number of rotatable bonds is 8. The van der Waals surface area contributed by atoms with E-state index < -0.39 is 0 Å². The average Bonchev–Trinajstić information content (AvgIpc) is 2.13. The molecule has 0 aromatic rings. The molecule has 0 fully saturated rings. The molecule has 0 aliphatic heterocycles. The molecule has 0 aliphatic rings. The van der Waals surface area contributed by atoms with Crippen molar-refractivity contribution in [1.82, 2.24) is 5.32 Å². The summed E-state index contributed by atoms with van der Waals surface area (Å²) in [6, 6.07) is 0. The summed E-state index contributed by atoms with van der Waals surface area (Å²) >= 11 is 0.136. The zero-order valence-electron chi connectivity index (χ0n) is 8.90. The molecule has 0 radical (unpaired) electrons. The second-order valence-corrected chi connectivity index (χ2v) is 5.54. The fraction of sp³-hybridized carbons (Fsp3) is 0.900. The number of Topliss-reactive ketones (excluding diaryl/α,β-unsaturated/α-hetero) is 1. The maximum absolute atomic E-state index is 11.2. The topological polar surface area (TPSA) is 29.1 Å². The summed E-state index contributed by atoms with van der Waals surface area (Å²) in [5.41, 5.74) is 0. The van der Waals surface area contributed by atoms with Crippen LogP contribution in [0.4, 0.5) is 0 Å². The van der Waals surface area contributed by atoms with Crippen LogP contribution in [-0.2, 0) is 4.79 Å². The van der Waals surface area contributed by atoms with E-state index in [1.807, 2.05) is 0 Å². The Kier molecular flexibility index (Phi) is 9.18. The summed E-state index contributed by atoms with van der Waals surface area (Å²) in [5, 5.41) is 3.24. The molecule has 0 rings (SSSR count). The molecule has 2 nitrogen and oxygen atoms in total. The molecule has 0 amide bonds. The zero-order valence-corrected chi connectivity index (χ0v) is 11.1. The number of alkyl halides is 2. The molecule has 1 N–H and O–H groups in total. The Bertz CT molecular complexity index is 135. The first-order valence-electron chi connectivity index (χ1n) is 4.90. The van der Waals surface area contributed by atoms with E-state index in [1.54, 1.807) is 0 Å². The Hall–Kier alpha value is 0.360. The van der Waals surface area contributed by atoms with Crippen molar-refractivity contribution >= 4 is 5.78 Å². The zero-order chi connectivity index (χ0) is 10.1. The van der Waals surface area contributed by atoms with E-state index in [0.29, 0.717) is 12.3 Å². The number of carbonyl (C=O) groups is 1. The average molecular weight is 298 g/mol. The van der Waals surface area contributed by atoms with Crippen molar-refractivity contribution in [2.24, 2.45) is 5.92 Å². The van der Waals surface area contributed by atoms with Crippen LogP contribution in [0, 0.1) is 5.92 Å². The first-order chi connectivity index (χ1) is 6.24. The minimum absolute atomic E-state index is 0.136. The van der Waals surface area contributed by atoms with E-state index in [4.69, 9.17) is 0 Å². The van der Waals surface area contributed by atoms with Gasteiger partial charge in [-0.25, -0.2) is 0 Å². The standard InChI is InChI=1S/C10H21INO/c1-4-9(5-2)7-12-8-10(13)6-11-3/h9,12H,4-8H2,1-3H3/q-1. The summed E-state index contributed by atoms with van der Waals surface area (Å²) in [6.07, 6.45) is 2.41. The van der Waals surface area contributed by atoms with Crippen molar-refractivity contribution in [1.29, 1.82) is 0 Å². The number of nitrogens with one attached hydrogen (secondary N) is 1. The summed E-state index contributed by atoms with van der Waals surface area (Å²) in [7, 11) is 0. The number of halogens is 1. The molecule has 0 aromatic heterocycles. The Morgan fingerprint density at radius 1 is 1.38 bits per heavy atom. The fourth-order valence-electron chi connectivity index (χ4n) is 1.19. The molecule has 0 aromatic carbocycles. The Balaban J connectivity index is 3.37. The van der Waals surface area contributed by atoms with Crippen molar-refractivity contribution in [3.05, 3.63) is 0 Å². The van der Waals surface area contributed by atoms with Crippen molar-refractivity contribution in [2.45, 2.75) is 26.7 Å². The summed E-state index contributed by atoms with van der Waals surface area (Å²) in [5.74, 6) is 1.13. The van der Waals surface area contributed by atoms with Gasteiger partial charge in [-0.05, 0) is 0 Å². The van der Waals surface area contributed by atoms with Crippen LogP contribution >= 0.6 is 0 Å². The first-order valence-corrected chi connectivity index (χ1v) is 8.59. The van der Waals surface area contributed by atoms with Crippen LogP contribution in [0.1, 0.15) is 26.7 Å². The van der Waals surface area contributed by atoms with Gasteiger partial charge >= 0.3 is 92.2 Å². The van der Waals surface area contributed by atoms with Crippen molar-refractivity contribution < 1.29 is 26.0 Å². The second-order valence-electron chi connectivity index (χ2n) is 3.25. The minimum atomic E-state index is 0.136. The summed E-state index contributed by atoms with van der Waals surface area (Å²) < 4.78 is 0.828. The SMILES string of the molecule is CCC(CC)CNCC(=O)C[I-]C. The third-order valence-corrected chi connectivity index (χ3v) is 3.81. The monoisotopic (exact) mass is 298 g/mol. The van der Waals surface area contributed by atoms with Crippen LogP contribution in [0.2, 0.25) is 0 Å². The van der Waals surface area contributed by atoms with Crippen LogP contribution in [0.5, 0.6) is 0 Å². The van der Waals surface area contributed by atoms with E-state index in [9.17, 15) is 4.79 Å². The molecule has 0 unspecified atom stereocenters. The third kappa shape index (κ3) is 7.43. The van der Waals surface area contributed by atoms with Gasteiger partial charge in [0.05, 0.1) is 0 Å². The van der Waals surface area contributed by atoms with Gasteiger partial charge in [-0.2, -0.15) is 0 Å². The predicted octanol–water partition coefficient (Wildman–Crippen LogP) is -1.70. The number of hydrogen-bond acceptors (Lipinski definition) is 2. The van der Waals surface area contributed by atoms with Crippen molar-refractivity contribution in [2.75, 3.05) is 22.4 Å². The summed E-state index contributed by atoms with van der Waals surface area (Å²) in [4.78, 5) is 13.3. The first kappa shape index (κ1) is 13.4. The van der Waals surface area contributed by atoms with E-state index in [1.165, 1.54) is 12.8 Å². The normalized spacial score (nSPS) is 11.1. The van der Waals surface area contributed by atoms with Gasteiger partial charge in [0.1, 0.15) is 0 Å². The molecule has 0 spiro atoms. The number of hydrogen-bond donors (Lipinski definition) is 1. The molecule has 0 saturated carbocycles. The van der Waals surface area contributed by atoms with E-state index >= 15 is 0 Å². The van der Waals surface area contributed by atoms with Gasteiger partial charge in [-0.15, -0.1) is 0 Å². The van der Waals surface area contributed by atoms with Gasteiger partial charge in [0, 0.05) is 0 Å². The Morgan fingerprint density at radius 3 is 2.46 bits per heavy atom. The van der Waals surface area contributed by atoms with Gasteiger partial charge in [-0.3, -0.25) is 0 Å². The molecular weight excluding hydrogens is 277 g/mol. The van der Waals surface area contributed by atoms with Gasteiger partial charge < -0.3 is 0 Å². The van der Waals surface area contributed by atoms with Crippen LogP contribution in [0.25, 0.3) is 0 Å². The van der Waals surface area contributed by atoms with E-state index in [-0.39, 0.29) is 21.2 Å². The van der Waals surface area contributed by atoms with Crippen LogP contribution in [-0.4, -0.2) is 28.2 Å². The van der Waals surface area contributed by atoms with Crippen LogP contribution < -0.4 is 26.5 Å². The van der Waals surface area contributed by atoms with Crippen molar-refractivity contribution in [3.63, 3.8) is 0 Å². The molecule has 0 bridgehead atoms. The Labute approximate surface area is 92.1 Å².